The molecule has 0 aliphatic rings. The molecule has 1 N–H and O–H groups in total. The third-order valence-electron chi connectivity index (χ3n) is 3.06. The molecule has 0 aliphatic heterocycles. The molecule has 19 heavy (non-hydrogen) atoms. The summed E-state index contributed by atoms with van der Waals surface area (Å²) in [7, 11) is 0. The molecule has 0 amide bonds. The highest BCUT2D eigenvalue weighted by atomic mass is 15.3. The molecule has 0 unspecified atom stereocenters. The van der Waals surface area contributed by atoms with Gasteiger partial charge in [-0.25, -0.2) is 0 Å². The Labute approximate surface area is 115 Å². The largest absolute Gasteiger partial charge is 0.306 e. The lowest BCUT2D eigenvalue weighted by Crippen LogP contribution is -2.35. The van der Waals surface area contributed by atoms with Gasteiger partial charge in [-0.1, -0.05) is 29.8 Å². The van der Waals surface area contributed by atoms with Crippen molar-refractivity contribution < 1.29 is 0 Å². The molecular formula is C16H23N3. The van der Waals surface area contributed by atoms with Gasteiger partial charge in [-0.3, -0.25) is 4.68 Å². The lowest BCUT2D eigenvalue weighted by molar-refractivity contribution is 0.414. The molecule has 102 valence electrons. The van der Waals surface area contributed by atoms with E-state index in [4.69, 9.17) is 0 Å². The number of hydrogen-bond acceptors (Lipinski definition) is 2. The summed E-state index contributed by atoms with van der Waals surface area (Å²) >= 11 is 0. The van der Waals surface area contributed by atoms with Crippen LogP contribution in [-0.4, -0.2) is 15.3 Å². The van der Waals surface area contributed by atoms with E-state index in [0.717, 1.165) is 13.1 Å². The van der Waals surface area contributed by atoms with Gasteiger partial charge < -0.3 is 5.32 Å². The summed E-state index contributed by atoms with van der Waals surface area (Å²) in [6.45, 7) is 10.3. The molecule has 3 nitrogen and oxygen atoms in total. The van der Waals surface area contributed by atoms with E-state index >= 15 is 0 Å². The van der Waals surface area contributed by atoms with Gasteiger partial charge in [-0.2, -0.15) is 5.10 Å². The molecule has 2 rings (SSSR count). The molecule has 3 heteroatoms. The lowest BCUT2D eigenvalue weighted by atomic mass is 10.1. The third kappa shape index (κ3) is 4.21. The van der Waals surface area contributed by atoms with Crippen molar-refractivity contribution in [2.24, 2.45) is 0 Å². The first kappa shape index (κ1) is 13.8. The quantitative estimate of drug-likeness (QED) is 0.912. The van der Waals surface area contributed by atoms with Gasteiger partial charge >= 0.3 is 0 Å². The minimum Gasteiger partial charge on any atom is -0.306 e. The van der Waals surface area contributed by atoms with Gasteiger partial charge in [0.25, 0.3) is 0 Å². The Morgan fingerprint density at radius 2 is 1.79 bits per heavy atom. The monoisotopic (exact) mass is 257 g/mol. The molecule has 1 aromatic heterocycles. The van der Waals surface area contributed by atoms with E-state index in [0.29, 0.717) is 0 Å². The fourth-order valence-electron chi connectivity index (χ4n) is 1.87. The van der Waals surface area contributed by atoms with Crippen LogP contribution in [0.4, 0.5) is 0 Å². The minimum atomic E-state index is 0.124. The van der Waals surface area contributed by atoms with Crippen LogP contribution in [0.2, 0.25) is 0 Å². The van der Waals surface area contributed by atoms with Crippen LogP contribution in [0.3, 0.4) is 0 Å². The number of aryl methyl sites for hydroxylation is 1. The highest BCUT2D eigenvalue weighted by molar-refractivity contribution is 5.21. The van der Waals surface area contributed by atoms with E-state index in [9.17, 15) is 0 Å². The van der Waals surface area contributed by atoms with Gasteiger partial charge in [-0.05, 0) is 39.3 Å². The number of nitrogens with zero attached hydrogens (tertiary/aromatic N) is 2. The van der Waals surface area contributed by atoms with Gasteiger partial charge in [0.05, 0.1) is 12.2 Å². The first-order valence-corrected chi connectivity index (χ1v) is 6.75. The van der Waals surface area contributed by atoms with Crippen LogP contribution in [0.15, 0.2) is 36.5 Å². The maximum atomic E-state index is 4.41. The van der Waals surface area contributed by atoms with Crippen molar-refractivity contribution in [2.45, 2.75) is 46.3 Å². The number of hydrogen-bond donors (Lipinski definition) is 1. The van der Waals surface area contributed by atoms with E-state index in [-0.39, 0.29) is 5.54 Å². The van der Waals surface area contributed by atoms with Crippen molar-refractivity contribution in [2.75, 3.05) is 0 Å². The number of nitrogens with one attached hydrogen (secondary N) is 1. The highest BCUT2D eigenvalue weighted by Crippen LogP contribution is 2.09. The van der Waals surface area contributed by atoms with E-state index < -0.39 is 0 Å². The average Bonchev–Trinajstić information content (AvgIpc) is 2.76. The molecule has 0 aliphatic carbocycles. The summed E-state index contributed by atoms with van der Waals surface area (Å²) in [4.78, 5) is 0. The van der Waals surface area contributed by atoms with Gasteiger partial charge in [0.1, 0.15) is 0 Å². The van der Waals surface area contributed by atoms with Crippen LogP contribution in [-0.2, 0) is 13.1 Å². The van der Waals surface area contributed by atoms with Crippen LogP contribution in [0.5, 0.6) is 0 Å². The van der Waals surface area contributed by atoms with Crippen LogP contribution in [0.25, 0.3) is 0 Å². The predicted octanol–water partition coefficient (Wildman–Crippen LogP) is 3.13. The van der Waals surface area contributed by atoms with Crippen molar-refractivity contribution in [1.82, 2.24) is 15.1 Å². The Kier molecular flexibility index (Phi) is 4.05. The Hall–Kier alpha value is -1.61. The van der Waals surface area contributed by atoms with Gasteiger partial charge in [0.2, 0.25) is 0 Å². The Morgan fingerprint density at radius 3 is 2.42 bits per heavy atom. The van der Waals surface area contributed by atoms with Crippen LogP contribution >= 0.6 is 0 Å². The molecule has 1 aromatic carbocycles. The van der Waals surface area contributed by atoms with Crippen LogP contribution in [0, 0.1) is 6.92 Å². The molecule has 0 saturated carbocycles. The predicted molar refractivity (Wildman–Crippen MR) is 79.1 cm³/mol. The lowest BCUT2D eigenvalue weighted by Gasteiger charge is -2.20. The molecule has 0 spiro atoms. The maximum absolute atomic E-state index is 4.41. The summed E-state index contributed by atoms with van der Waals surface area (Å²) in [6.07, 6.45) is 1.87. The van der Waals surface area contributed by atoms with E-state index in [1.54, 1.807) is 0 Å². The topological polar surface area (TPSA) is 29.9 Å². The molecule has 0 saturated heterocycles. The molecule has 1 heterocycles. The second kappa shape index (κ2) is 5.57. The molecule has 0 bridgehead atoms. The zero-order chi connectivity index (χ0) is 13.9. The summed E-state index contributed by atoms with van der Waals surface area (Å²) in [5.41, 5.74) is 3.92. The van der Waals surface area contributed by atoms with Crippen LogP contribution < -0.4 is 5.32 Å². The second-order valence-corrected chi connectivity index (χ2v) is 6.07. The van der Waals surface area contributed by atoms with Crippen molar-refractivity contribution in [3.8, 4) is 0 Å². The smallest absolute Gasteiger partial charge is 0.0663 e. The Morgan fingerprint density at radius 1 is 1.11 bits per heavy atom. The summed E-state index contributed by atoms with van der Waals surface area (Å²) in [5, 5.41) is 7.91. The number of rotatable bonds is 4. The van der Waals surface area contributed by atoms with Crippen molar-refractivity contribution in [3.05, 3.63) is 53.3 Å². The van der Waals surface area contributed by atoms with Crippen LogP contribution in [0.1, 0.15) is 37.6 Å². The standard InChI is InChI=1S/C16H23N3/c1-13-5-7-14(8-6-13)12-19-15(9-10-18-19)11-17-16(2,3)4/h5-10,17H,11-12H2,1-4H3. The first-order chi connectivity index (χ1) is 8.94. The normalized spacial score (nSPS) is 11.8. The fraction of sp³-hybridized carbons (Fsp3) is 0.438. The number of benzene rings is 1. The second-order valence-electron chi connectivity index (χ2n) is 6.07. The van der Waals surface area contributed by atoms with E-state index in [2.05, 4.69) is 73.1 Å². The number of aromatic nitrogens is 2. The summed E-state index contributed by atoms with van der Waals surface area (Å²) in [6, 6.07) is 10.7. The molecule has 0 radical (unpaired) electrons. The van der Waals surface area contributed by atoms with E-state index in [1.807, 2.05) is 6.20 Å². The molecule has 0 fully saturated rings. The zero-order valence-electron chi connectivity index (χ0n) is 12.3. The van der Waals surface area contributed by atoms with Crippen molar-refractivity contribution in [1.29, 1.82) is 0 Å². The zero-order valence-corrected chi connectivity index (χ0v) is 12.3. The van der Waals surface area contributed by atoms with Crippen molar-refractivity contribution >= 4 is 0 Å². The van der Waals surface area contributed by atoms with Gasteiger partial charge in [0, 0.05) is 18.3 Å². The third-order valence-corrected chi connectivity index (χ3v) is 3.06. The molecule has 0 atom stereocenters. The Balaban J connectivity index is 2.05. The van der Waals surface area contributed by atoms with E-state index in [1.165, 1.54) is 16.8 Å². The van der Waals surface area contributed by atoms with Gasteiger partial charge in [0.15, 0.2) is 0 Å². The van der Waals surface area contributed by atoms with Gasteiger partial charge in [-0.15, -0.1) is 0 Å². The molecular weight excluding hydrogens is 234 g/mol. The minimum absolute atomic E-state index is 0.124. The fourth-order valence-corrected chi connectivity index (χ4v) is 1.87. The first-order valence-electron chi connectivity index (χ1n) is 6.75. The van der Waals surface area contributed by atoms with Crippen molar-refractivity contribution in [3.63, 3.8) is 0 Å². The Bertz CT molecular complexity index is 518. The summed E-state index contributed by atoms with van der Waals surface area (Å²) < 4.78 is 2.06. The average molecular weight is 257 g/mol. The summed E-state index contributed by atoms with van der Waals surface area (Å²) in [5.74, 6) is 0. The molecule has 2 aromatic rings. The maximum Gasteiger partial charge on any atom is 0.0663 e. The SMILES string of the molecule is Cc1ccc(Cn2nccc2CNC(C)(C)C)cc1. The highest BCUT2D eigenvalue weighted by Gasteiger charge is 2.10.